The molecule has 1 aromatic carbocycles. The van der Waals surface area contributed by atoms with Crippen molar-refractivity contribution >= 4 is 0 Å². The van der Waals surface area contributed by atoms with E-state index in [1.165, 1.54) is 5.56 Å². The van der Waals surface area contributed by atoms with E-state index in [1.807, 2.05) is 19.2 Å². The van der Waals surface area contributed by atoms with Gasteiger partial charge in [-0.05, 0) is 37.6 Å². The summed E-state index contributed by atoms with van der Waals surface area (Å²) < 4.78 is 5.18. The van der Waals surface area contributed by atoms with E-state index >= 15 is 0 Å². The molecular formula is C12H19NO. The zero-order chi connectivity index (χ0) is 10.4. The highest BCUT2D eigenvalue weighted by Crippen LogP contribution is 2.14. The summed E-state index contributed by atoms with van der Waals surface area (Å²) in [7, 11) is 3.71. The molecule has 14 heavy (non-hydrogen) atoms. The Kier molecular flexibility index (Phi) is 4.47. The molecule has 0 fully saturated rings. The van der Waals surface area contributed by atoms with Gasteiger partial charge in [0.15, 0.2) is 0 Å². The lowest BCUT2D eigenvalue weighted by molar-refractivity contribution is 0.414. The quantitative estimate of drug-likeness (QED) is 0.774. The topological polar surface area (TPSA) is 21.3 Å². The fourth-order valence-corrected chi connectivity index (χ4v) is 1.53. The van der Waals surface area contributed by atoms with Gasteiger partial charge in [0, 0.05) is 6.04 Å². The van der Waals surface area contributed by atoms with Gasteiger partial charge >= 0.3 is 0 Å². The smallest absolute Gasteiger partial charge is 0.119 e. The molecule has 0 radical (unpaired) electrons. The molecule has 0 amide bonds. The van der Waals surface area contributed by atoms with Crippen molar-refractivity contribution in [2.75, 3.05) is 14.2 Å². The number of hydrogen-bond donors (Lipinski definition) is 1. The molecule has 78 valence electrons. The SMILES string of the molecule is CCC(Cc1cccc(OC)c1)NC. The molecule has 1 aromatic rings. The van der Waals surface area contributed by atoms with E-state index in [9.17, 15) is 0 Å². The summed E-state index contributed by atoms with van der Waals surface area (Å²) in [5, 5.41) is 3.30. The fourth-order valence-electron chi connectivity index (χ4n) is 1.53. The van der Waals surface area contributed by atoms with Crippen molar-refractivity contribution in [3.63, 3.8) is 0 Å². The lowest BCUT2D eigenvalue weighted by atomic mass is 10.0. The van der Waals surface area contributed by atoms with Crippen LogP contribution in [0, 0.1) is 0 Å². The van der Waals surface area contributed by atoms with Crippen LogP contribution in [0.4, 0.5) is 0 Å². The summed E-state index contributed by atoms with van der Waals surface area (Å²) in [4.78, 5) is 0. The first-order valence-electron chi connectivity index (χ1n) is 5.10. The van der Waals surface area contributed by atoms with E-state index in [0.29, 0.717) is 6.04 Å². The molecule has 0 saturated heterocycles. The number of nitrogens with one attached hydrogen (secondary N) is 1. The number of benzene rings is 1. The van der Waals surface area contributed by atoms with Crippen LogP contribution in [-0.4, -0.2) is 20.2 Å². The van der Waals surface area contributed by atoms with Crippen molar-refractivity contribution < 1.29 is 4.74 Å². The number of rotatable bonds is 5. The molecule has 0 aliphatic rings. The molecule has 2 nitrogen and oxygen atoms in total. The highest BCUT2D eigenvalue weighted by molar-refractivity contribution is 5.28. The third-order valence-corrected chi connectivity index (χ3v) is 2.52. The van der Waals surface area contributed by atoms with Gasteiger partial charge in [0.2, 0.25) is 0 Å². The molecule has 0 aliphatic heterocycles. The first-order chi connectivity index (χ1) is 6.80. The van der Waals surface area contributed by atoms with E-state index in [2.05, 4.69) is 24.4 Å². The van der Waals surface area contributed by atoms with Crippen LogP contribution in [0.1, 0.15) is 18.9 Å². The lowest BCUT2D eigenvalue weighted by Gasteiger charge is -2.13. The van der Waals surface area contributed by atoms with Gasteiger partial charge in [0.1, 0.15) is 5.75 Å². The van der Waals surface area contributed by atoms with Crippen LogP contribution in [0.2, 0.25) is 0 Å². The second-order valence-corrected chi connectivity index (χ2v) is 3.45. The van der Waals surface area contributed by atoms with Crippen LogP contribution in [0.15, 0.2) is 24.3 Å². The lowest BCUT2D eigenvalue weighted by Crippen LogP contribution is -2.26. The van der Waals surface area contributed by atoms with E-state index in [0.717, 1.165) is 18.6 Å². The summed E-state index contributed by atoms with van der Waals surface area (Å²) in [6.45, 7) is 2.20. The first kappa shape index (κ1) is 11.1. The van der Waals surface area contributed by atoms with E-state index in [4.69, 9.17) is 4.74 Å². The maximum absolute atomic E-state index is 5.18. The minimum atomic E-state index is 0.558. The maximum atomic E-state index is 5.18. The van der Waals surface area contributed by atoms with Crippen LogP contribution in [0.3, 0.4) is 0 Å². The first-order valence-corrected chi connectivity index (χ1v) is 5.10. The van der Waals surface area contributed by atoms with Crippen molar-refractivity contribution in [1.82, 2.24) is 5.32 Å². The van der Waals surface area contributed by atoms with Gasteiger partial charge in [-0.25, -0.2) is 0 Å². The third kappa shape index (κ3) is 3.04. The Bertz CT molecular complexity index is 269. The van der Waals surface area contributed by atoms with Gasteiger partial charge in [-0.2, -0.15) is 0 Å². The molecule has 1 N–H and O–H groups in total. The molecule has 2 heteroatoms. The van der Waals surface area contributed by atoms with Gasteiger partial charge < -0.3 is 10.1 Å². The van der Waals surface area contributed by atoms with Gasteiger partial charge in [-0.15, -0.1) is 0 Å². The van der Waals surface area contributed by atoms with Crippen LogP contribution >= 0.6 is 0 Å². The summed E-state index contributed by atoms with van der Waals surface area (Å²) in [6, 6.07) is 8.81. The number of ether oxygens (including phenoxy) is 1. The maximum Gasteiger partial charge on any atom is 0.119 e. The van der Waals surface area contributed by atoms with Gasteiger partial charge in [-0.3, -0.25) is 0 Å². The van der Waals surface area contributed by atoms with Crippen LogP contribution in [0.25, 0.3) is 0 Å². The Balaban J connectivity index is 2.65. The summed E-state index contributed by atoms with van der Waals surface area (Å²) in [5.74, 6) is 0.938. The standard InChI is InChI=1S/C12H19NO/c1-4-11(13-2)8-10-6-5-7-12(9-10)14-3/h5-7,9,11,13H,4,8H2,1-3H3. The highest BCUT2D eigenvalue weighted by Gasteiger charge is 2.04. The molecule has 1 atom stereocenters. The molecule has 0 saturated carbocycles. The second kappa shape index (κ2) is 5.66. The predicted octanol–water partition coefficient (Wildman–Crippen LogP) is 2.24. The van der Waals surface area contributed by atoms with Gasteiger partial charge in [0.25, 0.3) is 0 Å². The molecule has 0 aliphatic carbocycles. The highest BCUT2D eigenvalue weighted by atomic mass is 16.5. The van der Waals surface area contributed by atoms with Crippen molar-refractivity contribution in [2.24, 2.45) is 0 Å². The minimum Gasteiger partial charge on any atom is -0.497 e. The van der Waals surface area contributed by atoms with E-state index < -0.39 is 0 Å². The number of methoxy groups -OCH3 is 1. The average molecular weight is 193 g/mol. The Hall–Kier alpha value is -1.02. The average Bonchev–Trinajstić information content (AvgIpc) is 2.26. The predicted molar refractivity (Wildman–Crippen MR) is 59.8 cm³/mol. The van der Waals surface area contributed by atoms with Crippen molar-refractivity contribution in [3.8, 4) is 5.75 Å². The fraction of sp³-hybridized carbons (Fsp3) is 0.500. The molecule has 1 rings (SSSR count). The van der Waals surface area contributed by atoms with Crippen molar-refractivity contribution in [1.29, 1.82) is 0 Å². The Morgan fingerprint density at radius 2 is 2.21 bits per heavy atom. The van der Waals surface area contributed by atoms with Gasteiger partial charge in [-0.1, -0.05) is 19.1 Å². The normalized spacial score (nSPS) is 12.5. The third-order valence-electron chi connectivity index (χ3n) is 2.52. The monoisotopic (exact) mass is 193 g/mol. The second-order valence-electron chi connectivity index (χ2n) is 3.45. The molecule has 0 heterocycles. The molecule has 0 aromatic heterocycles. The zero-order valence-corrected chi connectivity index (χ0v) is 9.21. The zero-order valence-electron chi connectivity index (χ0n) is 9.21. The Morgan fingerprint density at radius 3 is 2.79 bits per heavy atom. The van der Waals surface area contributed by atoms with Crippen LogP contribution < -0.4 is 10.1 Å². The van der Waals surface area contributed by atoms with Gasteiger partial charge in [0.05, 0.1) is 7.11 Å². The number of hydrogen-bond acceptors (Lipinski definition) is 2. The summed E-state index contributed by atoms with van der Waals surface area (Å²) in [6.07, 6.45) is 2.21. The van der Waals surface area contributed by atoms with E-state index in [-0.39, 0.29) is 0 Å². The van der Waals surface area contributed by atoms with Crippen LogP contribution in [-0.2, 0) is 6.42 Å². The molecule has 1 unspecified atom stereocenters. The Morgan fingerprint density at radius 1 is 1.43 bits per heavy atom. The van der Waals surface area contributed by atoms with Crippen molar-refractivity contribution in [3.05, 3.63) is 29.8 Å². The molecule has 0 bridgehead atoms. The number of likely N-dealkylation sites (N-methyl/N-ethyl adjacent to an activating group) is 1. The van der Waals surface area contributed by atoms with E-state index in [1.54, 1.807) is 7.11 Å². The van der Waals surface area contributed by atoms with Crippen LogP contribution in [0.5, 0.6) is 5.75 Å². The Labute approximate surface area is 86.3 Å². The largest absolute Gasteiger partial charge is 0.497 e. The molecular weight excluding hydrogens is 174 g/mol. The minimum absolute atomic E-state index is 0.558. The summed E-state index contributed by atoms with van der Waals surface area (Å²) in [5.41, 5.74) is 1.32. The van der Waals surface area contributed by atoms with Crippen molar-refractivity contribution in [2.45, 2.75) is 25.8 Å². The molecule has 0 spiro atoms. The summed E-state index contributed by atoms with van der Waals surface area (Å²) >= 11 is 0.